The van der Waals surface area contributed by atoms with Gasteiger partial charge in [0.2, 0.25) is 0 Å². The maximum absolute atomic E-state index is 5.20. The first kappa shape index (κ1) is 17.5. The second kappa shape index (κ2) is 7.62. The average molecular weight is 391 g/mol. The van der Waals surface area contributed by atoms with E-state index in [1.165, 1.54) is 10.4 Å². The predicted molar refractivity (Wildman–Crippen MR) is 104 cm³/mol. The fraction of sp³-hybridized carbons (Fsp3) is 0.167. The molecule has 0 saturated heterocycles. The van der Waals surface area contributed by atoms with Gasteiger partial charge in [-0.15, -0.1) is 28.3 Å². The Kier molecular flexibility index (Phi) is 5.80. The van der Waals surface area contributed by atoms with Gasteiger partial charge in [-0.3, -0.25) is 0 Å². The number of anilines is 2. The van der Waals surface area contributed by atoms with Gasteiger partial charge in [-0.2, -0.15) is 0 Å². The third-order valence-electron chi connectivity index (χ3n) is 3.46. The van der Waals surface area contributed by atoms with Gasteiger partial charge < -0.3 is 10.1 Å². The summed E-state index contributed by atoms with van der Waals surface area (Å²) in [5.41, 5.74) is 4.43. The van der Waals surface area contributed by atoms with E-state index in [0.29, 0.717) is 0 Å². The van der Waals surface area contributed by atoms with Crippen LogP contribution in [0.15, 0.2) is 48.5 Å². The molecule has 1 N–H and O–H groups in total. The highest BCUT2D eigenvalue weighted by atomic mass is 79.9. The molecule has 0 amide bonds. The highest BCUT2D eigenvalue weighted by Gasteiger charge is 2.10. The molecule has 0 atom stereocenters. The third-order valence-corrected chi connectivity index (χ3v) is 4.35. The molecule has 3 rings (SSSR count). The molecular formula is C18H19BrN2OS. The Bertz CT molecular complexity index is 767. The highest BCUT2D eigenvalue weighted by molar-refractivity contribution is 8.93. The Balaban J connectivity index is 0.00000192. The third kappa shape index (κ3) is 4.12. The van der Waals surface area contributed by atoms with Crippen molar-refractivity contribution in [3.05, 3.63) is 59.0 Å². The number of nitrogens with one attached hydrogen (secondary N) is 1. The monoisotopic (exact) mass is 390 g/mol. The summed E-state index contributed by atoms with van der Waals surface area (Å²) >= 11 is 1.66. The summed E-state index contributed by atoms with van der Waals surface area (Å²) in [6.45, 7) is 4.18. The summed E-state index contributed by atoms with van der Waals surface area (Å²) in [5, 5.41) is 4.28. The molecule has 5 heteroatoms. The molecule has 2 aromatic carbocycles. The molecule has 0 saturated carbocycles. The van der Waals surface area contributed by atoms with Gasteiger partial charge >= 0.3 is 0 Å². The molecule has 120 valence electrons. The van der Waals surface area contributed by atoms with Crippen LogP contribution in [0.1, 0.15) is 10.4 Å². The molecule has 3 nitrogen and oxygen atoms in total. The molecule has 0 spiro atoms. The maximum atomic E-state index is 5.20. The Morgan fingerprint density at radius 3 is 2.22 bits per heavy atom. The van der Waals surface area contributed by atoms with E-state index in [1.54, 1.807) is 18.4 Å². The summed E-state index contributed by atoms with van der Waals surface area (Å²) in [6.07, 6.45) is 0. The van der Waals surface area contributed by atoms with Gasteiger partial charge in [0.15, 0.2) is 5.13 Å². The van der Waals surface area contributed by atoms with Gasteiger partial charge in [0, 0.05) is 16.1 Å². The number of halogens is 1. The second-order valence-electron chi connectivity index (χ2n) is 5.14. The van der Waals surface area contributed by atoms with E-state index in [9.17, 15) is 0 Å². The summed E-state index contributed by atoms with van der Waals surface area (Å²) in [6, 6.07) is 16.3. The van der Waals surface area contributed by atoms with Crippen molar-refractivity contribution in [2.45, 2.75) is 13.8 Å². The van der Waals surface area contributed by atoms with Crippen LogP contribution in [0.3, 0.4) is 0 Å². The molecule has 3 aromatic rings. The quantitative estimate of drug-likeness (QED) is 0.614. The number of hydrogen-bond donors (Lipinski definition) is 1. The van der Waals surface area contributed by atoms with Crippen molar-refractivity contribution >= 4 is 39.1 Å². The van der Waals surface area contributed by atoms with E-state index >= 15 is 0 Å². The first-order chi connectivity index (χ1) is 10.7. The van der Waals surface area contributed by atoms with E-state index in [4.69, 9.17) is 9.72 Å². The minimum atomic E-state index is 0. The van der Waals surface area contributed by atoms with Gasteiger partial charge in [-0.25, -0.2) is 4.98 Å². The number of aromatic nitrogens is 1. The van der Waals surface area contributed by atoms with Crippen LogP contribution in [-0.2, 0) is 0 Å². The lowest BCUT2D eigenvalue weighted by Gasteiger charge is -2.03. The fourth-order valence-electron chi connectivity index (χ4n) is 2.23. The number of benzene rings is 2. The van der Waals surface area contributed by atoms with Crippen LogP contribution in [-0.4, -0.2) is 12.1 Å². The normalized spacial score (nSPS) is 10.0. The average Bonchev–Trinajstić information content (AvgIpc) is 2.90. The number of methoxy groups -OCH3 is 1. The second-order valence-corrected chi connectivity index (χ2v) is 6.35. The molecule has 0 aliphatic carbocycles. The molecule has 0 unspecified atom stereocenters. The molecule has 0 bridgehead atoms. The SMILES string of the molecule is Br.COc1ccc(-c2nc(Nc3ccc(C)cc3)sc2C)cc1. The molecule has 0 radical (unpaired) electrons. The zero-order valence-electron chi connectivity index (χ0n) is 13.3. The molecular weight excluding hydrogens is 372 g/mol. The van der Waals surface area contributed by atoms with Gasteiger partial charge in [0.25, 0.3) is 0 Å². The van der Waals surface area contributed by atoms with E-state index in [1.807, 2.05) is 24.3 Å². The lowest BCUT2D eigenvalue weighted by atomic mass is 10.1. The first-order valence-electron chi connectivity index (χ1n) is 7.11. The van der Waals surface area contributed by atoms with Gasteiger partial charge in [-0.05, 0) is 50.2 Å². The smallest absolute Gasteiger partial charge is 0.187 e. The summed E-state index contributed by atoms with van der Waals surface area (Å²) < 4.78 is 5.20. The van der Waals surface area contributed by atoms with Gasteiger partial charge in [0.1, 0.15) is 5.75 Å². The van der Waals surface area contributed by atoms with Crippen LogP contribution in [0.2, 0.25) is 0 Å². The van der Waals surface area contributed by atoms with Crippen LogP contribution in [0, 0.1) is 13.8 Å². The van der Waals surface area contributed by atoms with E-state index in [-0.39, 0.29) is 17.0 Å². The van der Waals surface area contributed by atoms with Crippen LogP contribution in [0.25, 0.3) is 11.3 Å². The molecule has 0 fully saturated rings. The minimum absolute atomic E-state index is 0. The Morgan fingerprint density at radius 1 is 0.957 bits per heavy atom. The van der Waals surface area contributed by atoms with Crippen LogP contribution >= 0.6 is 28.3 Å². The van der Waals surface area contributed by atoms with Crippen molar-refractivity contribution in [3.63, 3.8) is 0 Å². The van der Waals surface area contributed by atoms with E-state index < -0.39 is 0 Å². The molecule has 0 aliphatic rings. The van der Waals surface area contributed by atoms with E-state index in [0.717, 1.165) is 27.8 Å². The van der Waals surface area contributed by atoms with E-state index in [2.05, 4.69) is 43.4 Å². The predicted octanol–water partition coefficient (Wildman–Crippen LogP) is 5.76. The summed E-state index contributed by atoms with van der Waals surface area (Å²) in [4.78, 5) is 5.91. The number of hydrogen-bond acceptors (Lipinski definition) is 4. The van der Waals surface area contributed by atoms with Crippen molar-refractivity contribution < 1.29 is 4.74 Å². The fourth-order valence-corrected chi connectivity index (χ4v) is 3.08. The van der Waals surface area contributed by atoms with Crippen molar-refractivity contribution in [1.29, 1.82) is 0 Å². The van der Waals surface area contributed by atoms with Crippen molar-refractivity contribution in [2.75, 3.05) is 12.4 Å². The molecule has 23 heavy (non-hydrogen) atoms. The Hall–Kier alpha value is -1.85. The zero-order valence-corrected chi connectivity index (χ0v) is 15.8. The maximum Gasteiger partial charge on any atom is 0.187 e. The number of rotatable bonds is 4. The lowest BCUT2D eigenvalue weighted by Crippen LogP contribution is -1.89. The van der Waals surface area contributed by atoms with Gasteiger partial charge in [-0.1, -0.05) is 17.7 Å². The standard InChI is InChI=1S/C18H18N2OS.BrH/c1-12-4-8-15(9-5-12)19-18-20-17(13(2)22-18)14-6-10-16(21-3)11-7-14;/h4-11H,1-3H3,(H,19,20);1H. The topological polar surface area (TPSA) is 34.1 Å². The molecule has 0 aliphatic heterocycles. The van der Waals surface area contributed by atoms with Crippen molar-refractivity contribution in [1.82, 2.24) is 4.98 Å². The lowest BCUT2D eigenvalue weighted by molar-refractivity contribution is 0.415. The Labute approximate surface area is 151 Å². The van der Waals surface area contributed by atoms with Crippen molar-refractivity contribution in [3.8, 4) is 17.0 Å². The largest absolute Gasteiger partial charge is 0.497 e. The van der Waals surface area contributed by atoms with Crippen LogP contribution in [0.4, 0.5) is 10.8 Å². The summed E-state index contributed by atoms with van der Waals surface area (Å²) in [7, 11) is 1.67. The molecule has 1 heterocycles. The van der Waals surface area contributed by atoms with Crippen LogP contribution in [0.5, 0.6) is 5.75 Å². The highest BCUT2D eigenvalue weighted by Crippen LogP contribution is 2.32. The number of nitrogens with zero attached hydrogens (tertiary/aromatic N) is 1. The minimum Gasteiger partial charge on any atom is -0.497 e. The number of ether oxygens (including phenoxy) is 1. The molecule has 1 aromatic heterocycles. The summed E-state index contributed by atoms with van der Waals surface area (Å²) in [5.74, 6) is 0.856. The first-order valence-corrected chi connectivity index (χ1v) is 7.93. The number of thiazole rings is 1. The van der Waals surface area contributed by atoms with Gasteiger partial charge in [0.05, 0.1) is 12.8 Å². The Morgan fingerprint density at radius 2 is 1.61 bits per heavy atom. The van der Waals surface area contributed by atoms with Crippen LogP contribution < -0.4 is 10.1 Å². The zero-order chi connectivity index (χ0) is 15.5. The number of aryl methyl sites for hydroxylation is 2. The van der Waals surface area contributed by atoms with Crippen molar-refractivity contribution in [2.24, 2.45) is 0 Å².